The molecule has 70 valence electrons. The summed E-state index contributed by atoms with van der Waals surface area (Å²) in [6, 6.07) is 3.18. The summed E-state index contributed by atoms with van der Waals surface area (Å²) in [5, 5.41) is 11.5. The topological polar surface area (TPSA) is 62.2 Å². The molecule has 0 fully saturated rings. The van der Waals surface area contributed by atoms with Crippen molar-refractivity contribution >= 4 is 5.97 Å². The van der Waals surface area contributed by atoms with E-state index in [-0.39, 0.29) is 0 Å². The molecule has 0 aromatic carbocycles. The van der Waals surface area contributed by atoms with E-state index < -0.39 is 12.0 Å². The fourth-order valence-corrected chi connectivity index (χ4v) is 0.859. The van der Waals surface area contributed by atoms with Gasteiger partial charge in [0.05, 0.1) is 0 Å². The van der Waals surface area contributed by atoms with Crippen LogP contribution in [0, 0.1) is 0 Å². The molecule has 0 radical (unpaired) electrons. The molecule has 4 heteroatoms. The van der Waals surface area contributed by atoms with Gasteiger partial charge in [-0.05, 0) is 24.6 Å². The third kappa shape index (κ3) is 3.21. The van der Waals surface area contributed by atoms with E-state index >= 15 is 0 Å². The zero-order chi connectivity index (χ0) is 9.68. The number of nitrogens with one attached hydrogen (secondary N) is 1. The van der Waals surface area contributed by atoms with Crippen molar-refractivity contribution in [2.75, 3.05) is 0 Å². The Hall–Kier alpha value is -1.42. The molecule has 0 amide bonds. The highest BCUT2D eigenvalue weighted by molar-refractivity contribution is 5.72. The molecule has 1 aromatic rings. The Balaban J connectivity index is 2.39. The Morgan fingerprint density at radius 3 is 2.77 bits per heavy atom. The summed E-state index contributed by atoms with van der Waals surface area (Å²) in [4.78, 5) is 14.3. The molecule has 2 N–H and O–H groups in total. The number of hydrogen-bond acceptors (Lipinski definition) is 3. The minimum atomic E-state index is -0.839. The highest BCUT2D eigenvalue weighted by Gasteiger charge is 2.08. The van der Waals surface area contributed by atoms with E-state index in [1.165, 1.54) is 0 Å². The molecule has 4 nitrogen and oxygen atoms in total. The average Bonchev–Trinajstić information content (AvgIpc) is 2.15. The molecular weight excluding hydrogens is 168 g/mol. The van der Waals surface area contributed by atoms with Gasteiger partial charge in [-0.1, -0.05) is 0 Å². The smallest absolute Gasteiger partial charge is 0.320 e. The summed E-state index contributed by atoms with van der Waals surface area (Å²) in [5.74, 6) is -0.839. The van der Waals surface area contributed by atoms with E-state index in [1.54, 1.807) is 19.3 Å². The molecule has 0 spiro atoms. The summed E-state index contributed by atoms with van der Waals surface area (Å²) >= 11 is 0. The molecule has 0 saturated carbocycles. The largest absolute Gasteiger partial charge is 0.480 e. The first-order valence-corrected chi connectivity index (χ1v) is 4.05. The first-order chi connectivity index (χ1) is 6.20. The monoisotopic (exact) mass is 180 g/mol. The van der Waals surface area contributed by atoms with E-state index in [0.717, 1.165) is 5.56 Å². The lowest BCUT2D eigenvalue weighted by Gasteiger charge is -2.08. The van der Waals surface area contributed by atoms with Gasteiger partial charge < -0.3 is 10.4 Å². The lowest BCUT2D eigenvalue weighted by atomic mass is 10.2. The zero-order valence-electron chi connectivity index (χ0n) is 7.40. The number of nitrogens with zero attached hydrogens (tertiary/aromatic N) is 1. The van der Waals surface area contributed by atoms with E-state index in [1.807, 2.05) is 12.1 Å². The van der Waals surface area contributed by atoms with Crippen LogP contribution < -0.4 is 5.32 Å². The third-order valence-corrected chi connectivity index (χ3v) is 1.73. The van der Waals surface area contributed by atoms with Crippen LogP contribution in [0.3, 0.4) is 0 Å². The standard InChI is InChI=1S/C9H12N2O2/c1-7(9(12)13)11-6-8-2-4-10-5-3-8/h2-5,7,11H,6H2,1H3,(H,12,13)/t7-/m1/s1. The number of carbonyl (C=O) groups is 1. The Bertz CT molecular complexity index is 274. The van der Waals surface area contributed by atoms with E-state index in [9.17, 15) is 4.79 Å². The van der Waals surface area contributed by atoms with Gasteiger partial charge in [0.1, 0.15) is 6.04 Å². The lowest BCUT2D eigenvalue weighted by molar-refractivity contribution is -0.139. The summed E-state index contributed by atoms with van der Waals surface area (Å²) in [6.07, 6.45) is 3.37. The van der Waals surface area contributed by atoms with Gasteiger partial charge in [-0.15, -0.1) is 0 Å². The fraction of sp³-hybridized carbons (Fsp3) is 0.333. The molecule has 1 heterocycles. The molecule has 1 rings (SSSR count). The maximum Gasteiger partial charge on any atom is 0.320 e. The van der Waals surface area contributed by atoms with Gasteiger partial charge in [-0.2, -0.15) is 0 Å². The normalized spacial score (nSPS) is 12.4. The number of aromatic nitrogens is 1. The molecule has 0 bridgehead atoms. The number of pyridine rings is 1. The number of aliphatic carboxylic acids is 1. The predicted octanol–water partition coefficient (Wildman–Crippen LogP) is 0.644. The fourth-order valence-electron chi connectivity index (χ4n) is 0.859. The van der Waals surface area contributed by atoms with Crippen molar-refractivity contribution in [1.29, 1.82) is 0 Å². The Morgan fingerprint density at radius 2 is 2.23 bits per heavy atom. The van der Waals surface area contributed by atoms with Crippen LogP contribution in [0.1, 0.15) is 12.5 Å². The number of carboxylic acids is 1. The van der Waals surface area contributed by atoms with E-state index in [0.29, 0.717) is 6.54 Å². The minimum absolute atomic E-state index is 0.520. The number of carboxylic acid groups (broad SMARTS) is 1. The van der Waals surface area contributed by atoms with Crippen LogP contribution in [-0.2, 0) is 11.3 Å². The van der Waals surface area contributed by atoms with Crippen molar-refractivity contribution in [3.8, 4) is 0 Å². The average molecular weight is 180 g/mol. The van der Waals surface area contributed by atoms with E-state index in [2.05, 4.69) is 10.3 Å². The summed E-state index contributed by atoms with van der Waals surface area (Å²) < 4.78 is 0. The SMILES string of the molecule is C[C@@H](NCc1ccncc1)C(=O)O. The first kappa shape index (κ1) is 9.67. The Morgan fingerprint density at radius 1 is 1.62 bits per heavy atom. The van der Waals surface area contributed by atoms with Crippen LogP contribution in [0.4, 0.5) is 0 Å². The van der Waals surface area contributed by atoms with Crippen LogP contribution in [0.25, 0.3) is 0 Å². The summed E-state index contributed by atoms with van der Waals surface area (Å²) in [5.41, 5.74) is 1.03. The second-order valence-corrected chi connectivity index (χ2v) is 2.80. The van der Waals surface area contributed by atoms with Crippen molar-refractivity contribution in [3.63, 3.8) is 0 Å². The van der Waals surface area contributed by atoms with Crippen molar-refractivity contribution in [1.82, 2.24) is 10.3 Å². The maximum absolute atomic E-state index is 10.4. The van der Waals surface area contributed by atoms with Gasteiger partial charge in [0.25, 0.3) is 0 Å². The second kappa shape index (κ2) is 4.57. The van der Waals surface area contributed by atoms with Gasteiger partial charge in [0, 0.05) is 18.9 Å². The minimum Gasteiger partial charge on any atom is -0.480 e. The van der Waals surface area contributed by atoms with Gasteiger partial charge in [-0.25, -0.2) is 0 Å². The highest BCUT2D eigenvalue weighted by Crippen LogP contribution is 1.95. The van der Waals surface area contributed by atoms with Crippen LogP contribution in [0.2, 0.25) is 0 Å². The summed E-state index contributed by atoms with van der Waals surface area (Å²) in [6.45, 7) is 2.17. The van der Waals surface area contributed by atoms with E-state index in [4.69, 9.17) is 5.11 Å². The van der Waals surface area contributed by atoms with Crippen molar-refractivity contribution < 1.29 is 9.90 Å². The molecule has 0 unspecified atom stereocenters. The number of rotatable bonds is 4. The second-order valence-electron chi connectivity index (χ2n) is 2.80. The van der Waals surface area contributed by atoms with Crippen molar-refractivity contribution in [2.24, 2.45) is 0 Å². The predicted molar refractivity (Wildman–Crippen MR) is 48.2 cm³/mol. The lowest BCUT2D eigenvalue weighted by Crippen LogP contribution is -2.33. The van der Waals surface area contributed by atoms with Crippen LogP contribution >= 0.6 is 0 Å². The van der Waals surface area contributed by atoms with Gasteiger partial charge in [0.2, 0.25) is 0 Å². The zero-order valence-corrected chi connectivity index (χ0v) is 7.40. The number of hydrogen-bond donors (Lipinski definition) is 2. The molecule has 13 heavy (non-hydrogen) atoms. The van der Waals surface area contributed by atoms with Crippen LogP contribution in [0.15, 0.2) is 24.5 Å². The van der Waals surface area contributed by atoms with Gasteiger partial charge in [-0.3, -0.25) is 9.78 Å². The van der Waals surface area contributed by atoms with Crippen molar-refractivity contribution in [3.05, 3.63) is 30.1 Å². The van der Waals surface area contributed by atoms with Crippen molar-refractivity contribution in [2.45, 2.75) is 19.5 Å². The van der Waals surface area contributed by atoms with Crippen LogP contribution in [0.5, 0.6) is 0 Å². The molecule has 0 aliphatic rings. The molecule has 0 saturated heterocycles. The maximum atomic E-state index is 10.4. The van der Waals surface area contributed by atoms with Gasteiger partial charge >= 0.3 is 5.97 Å². The Labute approximate surface area is 76.6 Å². The third-order valence-electron chi connectivity index (χ3n) is 1.73. The molecule has 1 atom stereocenters. The quantitative estimate of drug-likeness (QED) is 0.714. The van der Waals surface area contributed by atoms with Gasteiger partial charge in [0.15, 0.2) is 0 Å². The summed E-state index contributed by atoms with van der Waals surface area (Å²) in [7, 11) is 0. The highest BCUT2D eigenvalue weighted by atomic mass is 16.4. The molecular formula is C9H12N2O2. The molecule has 0 aliphatic heterocycles. The first-order valence-electron chi connectivity index (χ1n) is 4.05. The molecule has 0 aliphatic carbocycles. The Kier molecular flexibility index (Phi) is 3.40. The van der Waals surface area contributed by atoms with Crippen LogP contribution in [-0.4, -0.2) is 22.1 Å². The molecule has 1 aromatic heterocycles.